The molecule has 2 heterocycles. The average Bonchev–Trinajstić information content (AvgIpc) is 3.54. The highest BCUT2D eigenvalue weighted by Crippen LogP contribution is 2.27. The first kappa shape index (κ1) is 24.0. The van der Waals surface area contributed by atoms with Gasteiger partial charge in [-0.25, -0.2) is 4.68 Å². The van der Waals surface area contributed by atoms with Crippen molar-refractivity contribution in [3.05, 3.63) is 78.3 Å². The third-order valence-electron chi connectivity index (χ3n) is 5.51. The van der Waals surface area contributed by atoms with Gasteiger partial charge >= 0.3 is 0 Å². The second kappa shape index (κ2) is 11.3. The second-order valence-electron chi connectivity index (χ2n) is 7.80. The largest absolute Gasteiger partial charge is 0.497 e. The van der Waals surface area contributed by atoms with Gasteiger partial charge in [-0.1, -0.05) is 29.5 Å². The molecule has 10 nitrogen and oxygen atoms in total. The van der Waals surface area contributed by atoms with E-state index in [4.69, 9.17) is 13.9 Å². The quantitative estimate of drug-likeness (QED) is 0.331. The van der Waals surface area contributed by atoms with Crippen molar-refractivity contribution in [1.29, 1.82) is 0 Å². The summed E-state index contributed by atoms with van der Waals surface area (Å²) in [6, 6.07) is 17.0. The summed E-state index contributed by atoms with van der Waals surface area (Å²) >= 11 is 0. The van der Waals surface area contributed by atoms with Crippen molar-refractivity contribution in [3.8, 4) is 5.75 Å². The molecule has 0 radical (unpaired) electrons. The maximum Gasteiger partial charge on any atom is 0.247 e. The van der Waals surface area contributed by atoms with Crippen LogP contribution in [-0.4, -0.2) is 59.1 Å². The predicted molar refractivity (Wildman–Crippen MR) is 127 cm³/mol. The first-order valence-corrected chi connectivity index (χ1v) is 11.1. The van der Waals surface area contributed by atoms with E-state index in [1.807, 2.05) is 24.3 Å². The third-order valence-corrected chi connectivity index (χ3v) is 5.51. The molecular weight excluding hydrogens is 450 g/mol. The number of carbonyl (C=O) groups excluding carboxylic acids is 2. The zero-order chi connectivity index (χ0) is 24.6. The molecule has 1 N–H and O–H groups in total. The van der Waals surface area contributed by atoms with Crippen molar-refractivity contribution >= 4 is 22.8 Å². The number of hydrogen-bond acceptors (Lipinski definition) is 7. The Hall–Kier alpha value is -4.18. The van der Waals surface area contributed by atoms with Gasteiger partial charge in [-0.15, -0.1) is 5.10 Å². The summed E-state index contributed by atoms with van der Waals surface area (Å²) in [4.78, 5) is 28.7. The summed E-state index contributed by atoms with van der Waals surface area (Å²) < 4.78 is 17.5. The molecule has 0 aliphatic carbocycles. The highest BCUT2D eigenvalue weighted by molar-refractivity contribution is 5.89. The van der Waals surface area contributed by atoms with E-state index in [0.29, 0.717) is 35.7 Å². The number of ether oxygens (including phenoxy) is 2. The van der Waals surface area contributed by atoms with Gasteiger partial charge in [-0.05, 0) is 42.0 Å². The monoisotopic (exact) mass is 477 g/mol. The molecule has 2 aromatic carbocycles. The summed E-state index contributed by atoms with van der Waals surface area (Å²) in [5.41, 5.74) is 2.00. The van der Waals surface area contributed by atoms with Gasteiger partial charge in [0.2, 0.25) is 11.8 Å². The molecule has 0 spiro atoms. The number of fused-ring (bicyclic) bond motifs is 1. The van der Waals surface area contributed by atoms with Gasteiger partial charge in [0.25, 0.3) is 0 Å². The standard InChI is InChI=1S/C25H27N5O5/c1-33-14-12-26-25(32)24(18-7-5-8-19(15-18)34-2)29(16-20-9-6-13-35-20)23(31)17-30-22-11-4-3-10-21(22)27-28-30/h3-11,13,15,24H,12,14,16-17H2,1-2H3,(H,26,32)/t24-/m1/s1. The van der Waals surface area contributed by atoms with Crippen molar-refractivity contribution in [2.24, 2.45) is 0 Å². The average molecular weight is 478 g/mol. The Balaban J connectivity index is 1.71. The van der Waals surface area contributed by atoms with Crippen molar-refractivity contribution in [3.63, 3.8) is 0 Å². The van der Waals surface area contributed by atoms with Crippen molar-refractivity contribution in [1.82, 2.24) is 25.2 Å². The molecule has 0 unspecified atom stereocenters. The molecule has 0 fully saturated rings. The van der Waals surface area contributed by atoms with Gasteiger partial charge in [0.05, 0.1) is 32.0 Å². The van der Waals surface area contributed by atoms with Gasteiger partial charge in [0.1, 0.15) is 29.6 Å². The number of aromatic nitrogens is 3. The van der Waals surface area contributed by atoms with Crippen LogP contribution in [0.3, 0.4) is 0 Å². The van der Waals surface area contributed by atoms with Crippen LogP contribution in [0.5, 0.6) is 5.75 Å². The van der Waals surface area contributed by atoms with Crippen LogP contribution >= 0.6 is 0 Å². The van der Waals surface area contributed by atoms with Crippen LogP contribution in [0.1, 0.15) is 17.4 Å². The first-order chi connectivity index (χ1) is 17.1. The molecular formula is C25H27N5O5. The number of rotatable bonds is 11. The number of nitrogens with zero attached hydrogens (tertiary/aromatic N) is 4. The number of carbonyl (C=O) groups is 2. The lowest BCUT2D eigenvalue weighted by Gasteiger charge is -2.31. The topological polar surface area (TPSA) is 112 Å². The number of amides is 2. The van der Waals surface area contributed by atoms with Crippen LogP contribution in [0.25, 0.3) is 11.0 Å². The summed E-state index contributed by atoms with van der Waals surface area (Å²) in [5, 5.41) is 11.1. The van der Waals surface area contributed by atoms with E-state index >= 15 is 0 Å². The minimum absolute atomic E-state index is 0.0814. The van der Waals surface area contributed by atoms with Crippen molar-refractivity contribution < 1.29 is 23.5 Å². The molecule has 1 atom stereocenters. The van der Waals surface area contributed by atoms with Gasteiger partial charge in [-0.2, -0.15) is 0 Å². The predicted octanol–water partition coefficient (Wildman–Crippen LogP) is 2.57. The molecule has 0 bridgehead atoms. The highest BCUT2D eigenvalue weighted by atomic mass is 16.5. The fourth-order valence-electron chi connectivity index (χ4n) is 3.80. The lowest BCUT2D eigenvalue weighted by atomic mass is 10.0. The number of methoxy groups -OCH3 is 2. The fraction of sp³-hybridized carbons (Fsp3) is 0.280. The summed E-state index contributed by atoms with van der Waals surface area (Å²) in [6.45, 7) is 0.616. The number of hydrogen-bond donors (Lipinski definition) is 1. The molecule has 0 saturated heterocycles. The lowest BCUT2D eigenvalue weighted by Crippen LogP contribution is -2.45. The van der Waals surface area contributed by atoms with Crippen LogP contribution in [0.15, 0.2) is 71.3 Å². The summed E-state index contributed by atoms with van der Waals surface area (Å²) in [7, 11) is 3.11. The molecule has 4 aromatic rings. The number of benzene rings is 2. The Morgan fingerprint density at radius 2 is 1.97 bits per heavy atom. The highest BCUT2D eigenvalue weighted by Gasteiger charge is 2.33. The number of para-hydroxylation sites is 1. The van der Waals surface area contributed by atoms with Crippen LogP contribution in [0.4, 0.5) is 0 Å². The Labute approximate surface area is 202 Å². The van der Waals surface area contributed by atoms with E-state index < -0.39 is 6.04 Å². The van der Waals surface area contributed by atoms with Crippen LogP contribution in [0.2, 0.25) is 0 Å². The zero-order valence-electron chi connectivity index (χ0n) is 19.6. The molecule has 35 heavy (non-hydrogen) atoms. The van der Waals surface area contributed by atoms with E-state index in [1.165, 1.54) is 15.8 Å². The van der Waals surface area contributed by atoms with Gasteiger partial charge < -0.3 is 24.1 Å². The molecule has 0 aliphatic rings. The van der Waals surface area contributed by atoms with Gasteiger partial charge in [0.15, 0.2) is 0 Å². The normalized spacial score (nSPS) is 11.8. The number of furan rings is 1. The van der Waals surface area contributed by atoms with E-state index in [9.17, 15) is 9.59 Å². The van der Waals surface area contributed by atoms with E-state index in [2.05, 4.69) is 15.6 Å². The van der Waals surface area contributed by atoms with Gasteiger partial charge in [0, 0.05) is 13.7 Å². The van der Waals surface area contributed by atoms with Crippen LogP contribution in [-0.2, 0) is 27.4 Å². The first-order valence-electron chi connectivity index (χ1n) is 11.1. The number of nitrogens with one attached hydrogen (secondary N) is 1. The van der Waals surface area contributed by atoms with E-state index in [-0.39, 0.29) is 24.9 Å². The minimum atomic E-state index is -0.950. The molecule has 0 saturated carbocycles. The maximum absolute atomic E-state index is 13.7. The molecule has 10 heteroatoms. The Morgan fingerprint density at radius 3 is 2.74 bits per heavy atom. The molecule has 0 aliphatic heterocycles. The fourth-order valence-corrected chi connectivity index (χ4v) is 3.80. The molecule has 182 valence electrons. The maximum atomic E-state index is 13.7. The molecule has 4 rings (SSSR count). The minimum Gasteiger partial charge on any atom is -0.497 e. The summed E-state index contributed by atoms with van der Waals surface area (Å²) in [5.74, 6) is 0.440. The smallest absolute Gasteiger partial charge is 0.247 e. The molecule has 2 amide bonds. The van der Waals surface area contributed by atoms with Crippen LogP contribution in [0, 0.1) is 0 Å². The Kier molecular flexibility index (Phi) is 7.74. The van der Waals surface area contributed by atoms with Crippen molar-refractivity contribution in [2.75, 3.05) is 27.4 Å². The summed E-state index contributed by atoms with van der Waals surface area (Å²) in [6.07, 6.45) is 1.53. The zero-order valence-corrected chi connectivity index (χ0v) is 19.6. The third kappa shape index (κ3) is 5.67. The van der Waals surface area contributed by atoms with Crippen LogP contribution < -0.4 is 10.1 Å². The SMILES string of the molecule is COCCNC(=O)[C@@H](c1cccc(OC)c1)N(Cc1ccco1)C(=O)Cn1nnc2ccccc21. The van der Waals surface area contributed by atoms with E-state index in [1.54, 1.807) is 50.6 Å². The van der Waals surface area contributed by atoms with E-state index in [0.717, 1.165) is 5.52 Å². The van der Waals surface area contributed by atoms with Gasteiger partial charge in [-0.3, -0.25) is 9.59 Å². The lowest BCUT2D eigenvalue weighted by molar-refractivity contribution is -0.142. The Bertz CT molecular complexity index is 1270. The molecule has 2 aromatic heterocycles. The second-order valence-corrected chi connectivity index (χ2v) is 7.80. The van der Waals surface area contributed by atoms with Crippen molar-refractivity contribution in [2.45, 2.75) is 19.1 Å². The Morgan fingerprint density at radius 1 is 1.11 bits per heavy atom.